The fourth-order valence-corrected chi connectivity index (χ4v) is 3.45. The standard InChI is InChI=1S/C22H14Cl2N2O2/c23-16-6-1-13(2-7-16)20-21(14-3-8-17(24)9-4-14)26-22(25-20)15-5-10-18-19(11-15)28-12-27-18/h1-11H,12H2,(H,25,26). The third kappa shape index (κ3) is 3.11. The summed E-state index contributed by atoms with van der Waals surface area (Å²) in [7, 11) is 0. The van der Waals surface area contributed by atoms with Gasteiger partial charge >= 0.3 is 0 Å². The van der Waals surface area contributed by atoms with Gasteiger partial charge in [-0.3, -0.25) is 0 Å². The van der Waals surface area contributed by atoms with Gasteiger partial charge in [-0.1, -0.05) is 47.5 Å². The molecule has 1 aliphatic rings. The number of rotatable bonds is 3. The minimum atomic E-state index is 0.239. The van der Waals surface area contributed by atoms with Crippen molar-refractivity contribution in [2.45, 2.75) is 0 Å². The first kappa shape index (κ1) is 17.2. The van der Waals surface area contributed by atoms with Gasteiger partial charge < -0.3 is 14.5 Å². The number of ether oxygens (including phenoxy) is 2. The largest absolute Gasteiger partial charge is 0.454 e. The third-order valence-corrected chi connectivity index (χ3v) is 5.10. The van der Waals surface area contributed by atoms with E-state index < -0.39 is 0 Å². The molecule has 0 aliphatic carbocycles. The number of aromatic amines is 1. The second-order valence-electron chi connectivity index (χ2n) is 6.39. The summed E-state index contributed by atoms with van der Waals surface area (Å²) in [5.74, 6) is 2.20. The van der Waals surface area contributed by atoms with E-state index in [0.29, 0.717) is 10.0 Å². The SMILES string of the molecule is Clc1ccc(-c2nc(-c3ccc4c(c3)OCO4)[nH]c2-c2ccc(Cl)cc2)cc1. The van der Waals surface area contributed by atoms with Crippen LogP contribution in [-0.2, 0) is 0 Å². The van der Waals surface area contributed by atoms with Crippen LogP contribution in [0, 0.1) is 0 Å². The molecule has 1 aliphatic heterocycles. The second kappa shape index (κ2) is 6.89. The second-order valence-corrected chi connectivity index (χ2v) is 7.26. The molecule has 2 heterocycles. The van der Waals surface area contributed by atoms with Crippen molar-refractivity contribution in [3.63, 3.8) is 0 Å². The highest BCUT2D eigenvalue weighted by molar-refractivity contribution is 6.31. The highest BCUT2D eigenvalue weighted by Gasteiger charge is 2.18. The van der Waals surface area contributed by atoms with Gasteiger partial charge in [-0.15, -0.1) is 0 Å². The van der Waals surface area contributed by atoms with Crippen LogP contribution in [0.4, 0.5) is 0 Å². The summed E-state index contributed by atoms with van der Waals surface area (Å²) in [6.45, 7) is 0.239. The molecular weight excluding hydrogens is 395 g/mol. The summed E-state index contributed by atoms with van der Waals surface area (Å²) in [5.41, 5.74) is 4.63. The molecule has 0 amide bonds. The predicted octanol–water partition coefficient (Wildman–Crippen LogP) is 6.45. The molecule has 1 aromatic heterocycles. The molecule has 3 aromatic carbocycles. The molecule has 0 saturated carbocycles. The average molecular weight is 409 g/mol. The van der Waals surface area contributed by atoms with E-state index in [1.807, 2.05) is 66.7 Å². The van der Waals surface area contributed by atoms with E-state index in [-0.39, 0.29) is 6.79 Å². The first-order valence-electron chi connectivity index (χ1n) is 8.69. The number of fused-ring (bicyclic) bond motifs is 1. The number of nitrogens with one attached hydrogen (secondary N) is 1. The summed E-state index contributed by atoms with van der Waals surface area (Å²) < 4.78 is 10.9. The van der Waals surface area contributed by atoms with Gasteiger partial charge in [0.25, 0.3) is 0 Å². The van der Waals surface area contributed by atoms with E-state index in [9.17, 15) is 0 Å². The lowest BCUT2D eigenvalue weighted by atomic mass is 10.1. The van der Waals surface area contributed by atoms with Gasteiger partial charge in [-0.05, 0) is 42.5 Å². The molecule has 138 valence electrons. The Morgan fingerprint density at radius 2 is 1.32 bits per heavy atom. The Bertz CT molecular complexity index is 1090. The fraction of sp³-hybridized carbons (Fsp3) is 0.0455. The number of benzene rings is 3. The molecule has 0 spiro atoms. The van der Waals surface area contributed by atoms with Crippen molar-refractivity contribution in [1.29, 1.82) is 0 Å². The molecule has 0 unspecified atom stereocenters. The molecular formula is C22H14Cl2N2O2. The number of hydrogen-bond acceptors (Lipinski definition) is 3. The first-order chi connectivity index (χ1) is 13.7. The normalized spacial score (nSPS) is 12.4. The minimum Gasteiger partial charge on any atom is -0.454 e. The molecule has 5 rings (SSSR count). The molecule has 0 bridgehead atoms. The molecule has 0 radical (unpaired) electrons. The smallest absolute Gasteiger partial charge is 0.231 e. The van der Waals surface area contributed by atoms with Crippen molar-refractivity contribution >= 4 is 23.2 Å². The maximum Gasteiger partial charge on any atom is 0.231 e. The highest BCUT2D eigenvalue weighted by Crippen LogP contribution is 2.38. The number of imidazole rings is 1. The Labute approximate surface area is 171 Å². The average Bonchev–Trinajstić information content (AvgIpc) is 3.36. The molecule has 6 heteroatoms. The summed E-state index contributed by atoms with van der Waals surface area (Å²) in [4.78, 5) is 8.33. The van der Waals surface area contributed by atoms with E-state index in [4.69, 9.17) is 37.7 Å². The number of nitrogens with zero attached hydrogens (tertiary/aromatic N) is 1. The summed E-state index contributed by atoms with van der Waals surface area (Å²) >= 11 is 12.1. The van der Waals surface area contributed by atoms with E-state index in [0.717, 1.165) is 45.4 Å². The van der Waals surface area contributed by atoms with Crippen LogP contribution in [0.25, 0.3) is 33.9 Å². The van der Waals surface area contributed by atoms with Gasteiger partial charge in [-0.25, -0.2) is 4.98 Å². The van der Waals surface area contributed by atoms with Gasteiger partial charge in [0.1, 0.15) is 5.82 Å². The van der Waals surface area contributed by atoms with Crippen LogP contribution in [0.15, 0.2) is 66.7 Å². The molecule has 0 atom stereocenters. The maximum atomic E-state index is 6.06. The summed E-state index contributed by atoms with van der Waals surface area (Å²) in [6, 6.07) is 21.1. The lowest BCUT2D eigenvalue weighted by molar-refractivity contribution is 0.174. The zero-order valence-electron chi connectivity index (χ0n) is 14.6. The molecule has 4 aromatic rings. The van der Waals surface area contributed by atoms with Crippen molar-refractivity contribution in [2.75, 3.05) is 6.79 Å². The predicted molar refractivity (Wildman–Crippen MR) is 111 cm³/mol. The van der Waals surface area contributed by atoms with Crippen LogP contribution in [0.5, 0.6) is 11.5 Å². The van der Waals surface area contributed by atoms with Crippen molar-refractivity contribution < 1.29 is 9.47 Å². The van der Waals surface area contributed by atoms with E-state index in [1.54, 1.807) is 0 Å². The van der Waals surface area contributed by atoms with Crippen LogP contribution in [0.2, 0.25) is 10.0 Å². The van der Waals surface area contributed by atoms with Crippen molar-refractivity contribution in [1.82, 2.24) is 9.97 Å². The van der Waals surface area contributed by atoms with Gasteiger partial charge in [0.2, 0.25) is 6.79 Å². The third-order valence-electron chi connectivity index (χ3n) is 4.60. The quantitative estimate of drug-likeness (QED) is 0.423. The lowest BCUT2D eigenvalue weighted by Crippen LogP contribution is -1.92. The number of halogens is 2. The fourth-order valence-electron chi connectivity index (χ4n) is 3.20. The van der Waals surface area contributed by atoms with Crippen molar-refractivity contribution in [2.24, 2.45) is 0 Å². The molecule has 28 heavy (non-hydrogen) atoms. The van der Waals surface area contributed by atoms with Crippen molar-refractivity contribution in [3.05, 3.63) is 76.8 Å². The summed E-state index contributed by atoms with van der Waals surface area (Å²) in [5, 5.41) is 1.37. The minimum absolute atomic E-state index is 0.239. The molecule has 4 nitrogen and oxygen atoms in total. The number of hydrogen-bond donors (Lipinski definition) is 1. The Morgan fingerprint density at radius 3 is 2.04 bits per heavy atom. The highest BCUT2D eigenvalue weighted by atomic mass is 35.5. The van der Waals surface area contributed by atoms with E-state index >= 15 is 0 Å². The van der Waals surface area contributed by atoms with Crippen LogP contribution < -0.4 is 9.47 Å². The van der Waals surface area contributed by atoms with Crippen LogP contribution in [0.1, 0.15) is 0 Å². The summed E-state index contributed by atoms with van der Waals surface area (Å²) in [6.07, 6.45) is 0. The Morgan fingerprint density at radius 1 is 0.714 bits per heavy atom. The Hall–Kier alpha value is -2.95. The van der Waals surface area contributed by atoms with Crippen LogP contribution >= 0.6 is 23.2 Å². The van der Waals surface area contributed by atoms with E-state index in [2.05, 4.69) is 4.98 Å². The molecule has 0 fully saturated rings. The van der Waals surface area contributed by atoms with Crippen molar-refractivity contribution in [3.8, 4) is 45.4 Å². The van der Waals surface area contributed by atoms with Crippen LogP contribution in [-0.4, -0.2) is 16.8 Å². The molecule has 0 saturated heterocycles. The Kier molecular flexibility index (Phi) is 4.23. The van der Waals surface area contributed by atoms with Gasteiger partial charge in [0.15, 0.2) is 11.5 Å². The van der Waals surface area contributed by atoms with Gasteiger partial charge in [0.05, 0.1) is 11.4 Å². The first-order valence-corrected chi connectivity index (χ1v) is 9.45. The number of H-pyrrole nitrogens is 1. The maximum absolute atomic E-state index is 6.06. The van der Waals surface area contributed by atoms with Gasteiger partial charge in [-0.2, -0.15) is 0 Å². The molecule has 1 N–H and O–H groups in total. The van der Waals surface area contributed by atoms with E-state index in [1.165, 1.54) is 0 Å². The Balaban J connectivity index is 1.66. The van der Waals surface area contributed by atoms with Gasteiger partial charge in [0, 0.05) is 26.7 Å². The zero-order chi connectivity index (χ0) is 19.1. The topological polar surface area (TPSA) is 47.1 Å². The zero-order valence-corrected chi connectivity index (χ0v) is 16.1. The van der Waals surface area contributed by atoms with Crippen LogP contribution in [0.3, 0.4) is 0 Å². The number of aromatic nitrogens is 2. The lowest BCUT2D eigenvalue weighted by Gasteiger charge is -2.03. The monoisotopic (exact) mass is 408 g/mol.